The number of carboxylic acids is 1. The van der Waals surface area contributed by atoms with Crippen molar-refractivity contribution in [1.82, 2.24) is 4.31 Å². The van der Waals surface area contributed by atoms with Gasteiger partial charge in [-0.15, -0.1) is 0 Å². The van der Waals surface area contributed by atoms with Crippen molar-refractivity contribution in [3.63, 3.8) is 0 Å². The van der Waals surface area contributed by atoms with Gasteiger partial charge in [-0.1, -0.05) is 18.2 Å². The maximum absolute atomic E-state index is 12.3. The van der Waals surface area contributed by atoms with Crippen LogP contribution >= 0.6 is 0 Å². The van der Waals surface area contributed by atoms with Gasteiger partial charge in [0.1, 0.15) is 6.04 Å². The summed E-state index contributed by atoms with van der Waals surface area (Å²) >= 11 is 0. The fourth-order valence-corrected chi connectivity index (χ4v) is 4.16. The highest BCUT2D eigenvalue weighted by Gasteiger charge is 2.38. The van der Waals surface area contributed by atoms with E-state index in [-0.39, 0.29) is 12.3 Å². The molecule has 2 rings (SSSR count). The van der Waals surface area contributed by atoms with Gasteiger partial charge < -0.3 is 5.11 Å². The van der Waals surface area contributed by atoms with Crippen LogP contribution < -0.4 is 0 Å². The number of aliphatic carboxylic acids is 1. The number of carboxylic acid groups (broad SMARTS) is 1. The largest absolute Gasteiger partial charge is 0.480 e. The van der Waals surface area contributed by atoms with Crippen LogP contribution in [-0.4, -0.2) is 36.4 Å². The van der Waals surface area contributed by atoms with E-state index >= 15 is 0 Å². The Bertz CT molecular complexity index is 663. The average Bonchev–Trinajstić information content (AvgIpc) is 2.89. The van der Waals surface area contributed by atoms with Crippen molar-refractivity contribution >= 4 is 16.0 Å². The van der Waals surface area contributed by atoms with Crippen LogP contribution in [0.2, 0.25) is 0 Å². The lowest BCUT2D eigenvalue weighted by Gasteiger charge is -2.21. The fourth-order valence-electron chi connectivity index (χ4n) is 2.35. The zero-order valence-electron chi connectivity index (χ0n) is 10.7. The molecule has 1 aromatic rings. The van der Waals surface area contributed by atoms with Crippen LogP contribution in [0.15, 0.2) is 24.3 Å². The van der Waals surface area contributed by atoms with E-state index in [0.29, 0.717) is 24.0 Å². The SMILES string of the molecule is N#Cc1ccccc1CS(=O)(=O)N1CCCC1C(=O)O. The van der Waals surface area contributed by atoms with E-state index in [1.54, 1.807) is 24.3 Å². The first kappa shape index (κ1) is 14.5. The van der Waals surface area contributed by atoms with E-state index in [1.807, 2.05) is 6.07 Å². The van der Waals surface area contributed by atoms with Crippen LogP contribution in [0.5, 0.6) is 0 Å². The summed E-state index contributed by atoms with van der Waals surface area (Å²) in [7, 11) is -3.74. The molecule has 1 saturated heterocycles. The Balaban J connectivity index is 2.28. The normalized spacial score (nSPS) is 19.6. The fraction of sp³-hybridized carbons (Fsp3) is 0.385. The molecule has 106 valence electrons. The van der Waals surface area contributed by atoms with Crippen molar-refractivity contribution in [3.05, 3.63) is 35.4 Å². The van der Waals surface area contributed by atoms with E-state index in [1.165, 1.54) is 0 Å². The van der Waals surface area contributed by atoms with Crippen molar-refractivity contribution in [1.29, 1.82) is 5.26 Å². The highest BCUT2D eigenvalue weighted by Crippen LogP contribution is 2.24. The third-order valence-electron chi connectivity index (χ3n) is 3.32. The van der Waals surface area contributed by atoms with Gasteiger partial charge in [0.05, 0.1) is 17.4 Å². The predicted molar refractivity (Wildman–Crippen MR) is 71.1 cm³/mol. The monoisotopic (exact) mass is 294 g/mol. The molecule has 6 nitrogen and oxygen atoms in total. The van der Waals surface area contributed by atoms with E-state index in [4.69, 9.17) is 10.4 Å². The van der Waals surface area contributed by atoms with E-state index in [9.17, 15) is 13.2 Å². The molecule has 0 aliphatic carbocycles. The highest BCUT2D eigenvalue weighted by molar-refractivity contribution is 7.88. The maximum Gasteiger partial charge on any atom is 0.322 e. The first-order chi connectivity index (χ1) is 9.45. The molecule has 7 heteroatoms. The van der Waals surface area contributed by atoms with Gasteiger partial charge in [-0.25, -0.2) is 8.42 Å². The summed E-state index contributed by atoms with van der Waals surface area (Å²) in [6.45, 7) is 0.216. The van der Waals surface area contributed by atoms with Gasteiger partial charge in [-0.3, -0.25) is 4.79 Å². The number of hydrogen-bond donors (Lipinski definition) is 1. The van der Waals surface area contributed by atoms with E-state index in [0.717, 1.165) is 4.31 Å². The van der Waals surface area contributed by atoms with Crippen molar-refractivity contribution < 1.29 is 18.3 Å². The molecule has 1 unspecified atom stereocenters. The van der Waals surface area contributed by atoms with Gasteiger partial charge in [-0.2, -0.15) is 9.57 Å². The Morgan fingerprint density at radius 2 is 2.15 bits per heavy atom. The standard InChI is InChI=1S/C13H14N2O4S/c14-8-10-4-1-2-5-11(10)9-20(18,19)15-7-3-6-12(15)13(16)17/h1-2,4-5,12H,3,6-7,9H2,(H,16,17). The quantitative estimate of drug-likeness (QED) is 0.891. The topological polar surface area (TPSA) is 98.5 Å². The Hall–Kier alpha value is -1.91. The highest BCUT2D eigenvalue weighted by atomic mass is 32.2. The second-order valence-corrected chi connectivity index (χ2v) is 6.55. The van der Waals surface area contributed by atoms with E-state index < -0.39 is 22.0 Å². The Labute approximate surface area is 117 Å². The summed E-state index contributed by atoms with van der Waals surface area (Å²) in [6.07, 6.45) is 0.866. The van der Waals surface area contributed by atoms with Crippen molar-refractivity contribution in [2.45, 2.75) is 24.6 Å². The molecule has 1 atom stereocenters. The van der Waals surface area contributed by atoms with Crippen LogP contribution in [0, 0.1) is 11.3 Å². The minimum atomic E-state index is -3.74. The molecule has 20 heavy (non-hydrogen) atoms. The molecule has 1 aliphatic heterocycles. The Morgan fingerprint density at radius 3 is 2.80 bits per heavy atom. The first-order valence-electron chi connectivity index (χ1n) is 6.16. The maximum atomic E-state index is 12.3. The molecule has 0 spiro atoms. The van der Waals surface area contributed by atoms with Gasteiger partial charge in [-0.05, 0) is 24.5 Å². The number of sulfonamides is 1. The third kappa shape index (κ3) is 2.81. The van der Waals surface area contributed by atoms with Crippen LogP contribution in [-0.2, 0) is 20.6 Å². The molecule has 1 aromatic carbocycles. The number of benzene rings is 1. The summed E-state index contributed by atoms with van der Waals surface area (Å²) in [5.74, 6) is -1.47. The Kier molecular flexibility index (Phi) is 4.06. The van der Waals surface area contributed by atoms with Crippen LogP contribution in [0.3, 0.4) is 0 Å². The molecular weight excluding hydrogens is 280 g/mol. The molecule has 1 N–H and O–H groups in total. The zero-order chi connectivity index (χ0) is 14.8. The number of nitrogens with zero attached hydrogens (tertiary/aromatic N) is 2. The Morgan fingerprint density at radius 1 is 1.45 bits per heavy atom. The summed E-state index contributed by atoms with van der Waals surface area (Å²) in [6, 6.07) is 7.38. The minimum Gasteiger partial charge on any atom is -0.480 e. The molecule has 0 aromatic heterocycles. The number of nitriles is 1. The van der Waals surface area contributed by atoms with Crippen LogP contribution in [0.4, 0.5) is 0 Å². The first-order valence-corrected chi connectivity index (χ1v) is 7.77. The number of hydrogen-bond acceptors (Lipinski definition) is 4. The van der Waals surface area contributed by atoms with Crippen LogP contribution in [0.1, 0.15) is 24.0 Å². The average molecular weight is 294 g/mol. The molecule has 0 amide bonds. The predicted octanol–water partition coefficient (Wildman–Crippen LogP) is 0.937. The van der Waals surface area contributed by atoms with Crippen molar-refractivity contribution in [3.8, 4) is 6.07 Å². The lowest BCUT2D eigenvalue weighted by atomic mass is 10.1. The molecule has 1 fully saturated rings. The molecular formula is C13H14N2O4S. The molecule has 1 aliphatic rings. The van der Waals surface area contributed by atoms with Crippen LogP contribution in [0.25, 0.3) is 0 Å². The summed E-state index contributed by atoms with van der Waals surface area (Å²) < 4.78 is 25.7. The van der Waals surface area contributed by atoms with Gasteiger partial charge in [0.15, 0.2) is 0 Å². The molecule has 0 saturated carbocycles. The number of rotatable bonds is 4. The second kappa shape index (κ2) is 5.61. The van der Waals surface area contributed by atoms with Crippen molar-refractivity contribution in [2.24, 2.45) is 0 Å². The summed E-state index contributed by atoms with van der Waals surface area (Å²) in [5, 5.41) is 18.0. The lowest BCUT2D eigenvalue weighted by Crippen LogP contribution is -2.41. The molecule has 1 heterocycles. The molecule has 0 bridgehead atoms. The van der Waals surface area contributed by atoms with Gasteiger partial charge in [0.25, 0.3) is 0 Å². The zero-order valence-corrected chi connectivity index (χ0v) is 11.5. The molecule has 0 radical (unpaired) electrons. The van der Waals surface area contributed by atoms with Gasteiger partial charge >= 0.3 is 5.97 Å². The van der Waals surface area contributed by atoms with E-state index in [2.05, 4.69) is 0 Å². The lowest BCUT2D eigenvalue weighted by molar-refractivity contribution is -0.140. The smallest absolute Gasteiger partial charge is 0.322 e. The number of carbonyl (C=O) groups is 1. The van der Waals surface area contributed by atoms with Gasteiger partial charge in [0.2, 0.25) is 10.0 Å². The van der Waals surface area contributed by atoms with Crippen molar-refractivity contribution in [2.75, 3.05) is 6.54 Å². The summed E-state index contributed by atoms with van der Waals surface area (Å²) in [5.41, 5.74) is 0.688. The minimum absolute atomic E-state index is 0.216. The summed E-state index contributed by atoms with van der Waals surface area (Å²) in [4.78, 5) is 11.1. The second-order valence-electron chi connectivity index (χ2n) is 4.63. The third-order valence-corrected chi connectivity index (χ3v) is 5.15. The van der Waals surface area contributed by atoms with Gasteiger partial charge in [0, 0.05) is 6.54 Å².